The molecule has 13 heteroatoms. The number of carboxylic acid groups (broad SMARTS) is 1. The van der Waals surface area contributed by atoms with E-state index in [0.717, 1.165) is 0 Å². The number of benzene rings is 1. The molecule has 0 radical (unpaired) electrons. The Morgan fingerprint density at radius 2 is 1.72 bits per heavy atom. The molecule has 29 heavy (non-hydrogen) atoms. The molecule has 2 heterocycles. The molecule has 154 valence electrons. The van der Waals surface area contributed by atoms with E-state index in [4.69, 9.17) is 39.6 Å². The van der Waals surface area contributed by atoms with E-state index in [1.807, 2.05) is 0 Å². The first-order valence-electron chi connectivity index (χ1n) is 7.94. The van der Waals surface area contributed by atoms with Crippen molar-refractivity contribution in [3.05, 3.63) is 35.4 Å². The smallest absolute Gasteiger partial charge is 0.441 e. The van der Waals surface area contributed by atoms with Crippen LogP contribution in [0.4, 0.5) is 4.79 Å². The molecule has 0 unspecified atom stereocenters. The molecule has 0 aliphatic carbocycles. The van der Waals surface area contributed by atoms with Gasteiger partial charge in [0.15, 0.2) is 6.04 Å². The molecule has 1 saturated heterocycles. The third-order valence-corrected chi connectivity index (χ3v) is 4.40. The molecule has 10 nitrogen and oxygen atoms in total. The lowest BCUT2D eigenvalue weighted by Gasteiger charge is -2.26. The van der Waals surface area contributed by atoms with Crippen molar-refractivity contribution in [2.75, 3.05) is 6.61 Å². The van der Waals surface area contributed by atoms with Gasteiger partial charge >= 0.3 is 12.1 Å². The number of hydrogen-bond acceptors (Lipinski definition) is 7. The van der Waals surface area contributed by atoms with Crippen molar-refractivity contribution < 1.29 is 38.7 Å². The number of rotatable bonds is 4. The fourth-order valence-electron chi connectivity index (χ4n) is 2.90. The number of hydrogen-bond donors (Lipinski definition) is 1. The van der Waals surface area contributed by atoms with Gasteiger partial charge in [-0.1, -0.05) is 46.9 Å². The average Bonchev–Trinajstić information content (AvgIpc) is 3.13. The number of halogens is 3. The monoisotopic (exact) mass is 464 g/mol. The molecule has 1 fully saturated rings. The number of aliphatic carboxylic acids is 1. The highest BCUT2D eigenvalue weighted by Gasteiger charge is 2.51. The number of nitrogens with zero attached hydrogens (tertiary/aromatic N) is 2. The Morgan fingerprint density at radius 1 is 1.17 bits per heavy atom. The highest BCUT2D eigenvalue weighted by atomic mass is 35.6. The van der Waals surface area contributed by atoms with Crippen LogP contribution in [0.1, 0.15) is 27.1 Å². The van der Waals surface area contributed by atoms with Gasteiger partial charge < -0.3 is 9.84 Å². The zero-order valence-electron chi connectivity index (χ0n) is 14.2. The summed E-state index contributed by atoms with van der Waals surface area (Å²) in [6.07, 6.45) is -3.47. The van der Waals surface area contributed by atoms with Crippen molar-refractivity contribution in [1.29, 1.82) is 0 Å². The first kappa shape index (κ1) is 21.3. The number of alkyl halides is 3. The fraction of sp³-hybridized carbons (Fsp3) is 0.312. The van der Waals surface area contributed by atoms with Crippen molar-refractivity contribution in [2.24, 2.45) is 0 Å². The summed E-state index contributed by atoms with van der Waals surface area (Å²) in [5.41, 5.74) is 0.0408. The van der Waals surface area contributed by atoms with Crippen molar-refractivity contribution in [2.45, 2.75) is 22.4 Å². The second kappa shape index (κ2) is 7.79. The summed E-state index contributed by atoms with van der Waals surface area (Å²) in [5, 5.41) is 9.77. The molecule has 3 rings (SSSR count). The summed E-state index contributed by atoms with van der Waals surface area (Å²) in [6, 6.07) is 3.91. The normalized spacial score (nSPS) is 20.1. The Kier molecular flexibility index (Phi) is 5.72. The van der Waals surface area contributed by atoms with E-state index in [2.05, 4.69) is 4.74 Å². The summed E-state index contributed by atoms with van der Waals surface area (Å²) in [7, 11) is 0. The third-order valence-electron chi connectivity index (χ3n) is 4.08. The molecule has 1 N–H and O–H groups in total. The summed E-state index contributed by atoms with van der Waals surface area (Å²) in [5.74, 6) is -4.27. The SMILES string of the molecule is O=C(O)[C@H]([C@@H]1CC(=O)N(C(=O)OCC(Cl)(Cl)Cl)O1)N1C(=O)c2ccccc2C1=O. The lowest BCUT2D eigenvalue weighted by molar-refractivity contribution is -0.172. The fourth-order valence-corrected chi connectivity index (χ4v) is 3.06. The van der Waals surface area contributed by atoms with E-state index < -0.39 is 58.8 Å². The number of hydroxylamine groups is 2. The van der Waals surface area contributed by atoms with Gasteiger partial charge in [-0.2, -0.15) is 0 Å². The maximum atomic E-state index is 12.6. The lowest BCUT2D eigenvalue weighted by atomic mass is 10.1. The number of carbonyl (C=O) groups is 5. The van der Waals surface area contributed by atoms with Crippen molar-refractivity contribution in [3.63, 3.8) is 0 Å². The van der Waals surface area contributed by atoms with Gasteiger partial charge in [0.25, 0.3) is 17.7 Å². The minimum atomic E-state index is -1.94. The lowest BCUT2D eigenvalue weighted by Crippen LogP contribution is -2.52. The van der Waals surface area contributed by atoms with Gasteiger partial charge in [-0.3, -0.25) is 24.1 Å². The molecule has 1 aromatic rings. The van der Waals surface area contributed by atoms with Crippen LogP contribution >= 0.6 is 34.8 Å². The zero-order chi connectivity index (χ0) is 21.5. The quantitative estimate of drug-likeness (QED) is 0.526. The molecule has 0 aromatic heterocycles. The molecule has 0 saturated carbocycles. The van der Waals surface area contributed by atoms with Crippen LogP contribution in [0.15, 0.2) is 24.3 Å². The van der Waals surface area contributed by atoms with E-state index in [1.165, 1.54) is 24.3 Å². The van der Waals surface area contributed by atoms with Gasteiger partial charge in [0.05, 0.1) is 17.5 Å². The molecule has 2 aliphatic heterocycles. The minimum absolute atomic E-state index is 0.0204. The van der Waals surface area contributed by atoms with Crippen LogP contribution in [0, 0.1) is 0 Å². The Balaban J connectivity index is 1.80. The van der Waals surface area contributed by atoms with Gasteiger partial charge in [0.1, 0.15) is 12.7 Å². The van der Waals surface area contributed by atoms with Gasteiger partial charge in [-0.05, 0) is 12.1 Å². The molecular formula is C16H11Cl3N2O8. The molecule has 2 atom stereocenters. The molecular weight excluding hydrogens is 455 g/mol. The van der Waals surface area contributed by atoms with Crippen LogP contribution in [0.5, 0.6) is 0 Å². The van der Waals surface area contributed by atoms with Crippen LogP contribution in [0.2, 0.25) is 0 Å². The van der Waals surface area contributed by atoms with Crippen LogP contribution in [-0.4, -0.2) is 67.4 Å². The van der Waals surface area contributed by atoms with E-state index in [-0.39, 0.29) is 16.2 Å². The largest absolute Gasteiger partial charge is 0.480 e. The molecule has 2 aliphatic rings. The number of fused-ring (bicyclic) bond motifs is 1. The van der Waals surface area contributed by atoms with Gasteiger partial charge in [-0.25, -0.2) is 9.59 Å². The number of carboxylic acids is 1. The predicted octanol–water partition coefficient (Wildman–Crippen LogP) is 1.78. The maximum Gasteiger partial charge on any atom is 0.441 e. The van der Waals surface area contributed by atoms with E-state index in [9.17, 15) is 29.1 Å². The molecule has 4 amide bonds. The van der Waals surface area contributed by atoms with Gasteiger partial charge in [-0.15, -0.1) is 5.06 Å². The number of ether oxygens (including phenoxy) is 1. The van der Waals surface area contributed by atoms with Crippen molar-refractivity contribution in [1.82, 2.24) is 9.96 Å². The number of carbonyl (C=O) groups excluding carboxylic acids is 4. The van der Waals surface area contributed by atoms with E-state index >= 15 is 0 Å². The first-order valence-corrected chi connectivity index (χ1v) is 9.07. The van der Waals surface area contributed by atoms with E-state index in [0.29, 0.717) is 4.90 Å². The molecule has 1 aromatic carbocycles. The van der Waals surface area contributed by atoms with Crippen molar-refractivity contribution >= 4 is 64.6 Å². The maximum absolute atomic E-state index is 12.6. The Morgan fingerprint density at radius 3 is 2.21 bits per heavy atom. The van der Waals surface area contributed by atoms with Crippen LogP contribution in [0.25, 0.3) is 0 Å². The minimum Gasteiger partial charge on any atom is -0.480 e. The van der Waals surface area contributed by atoms with Crippen LogP contribution in [0.3, 0.4) is 0 Å². The van der Waals surface area contributed by atoms with Crippen LogP contribution < -0.4 is 0 Å². The third kappa shape index (κ3) is 4.15. The first-order chi connectivity index (χ1) is 13.5. The predicted molar refractivity (Wildman–Crippen MR) is 96.3 cm³/mol. The second-order valence-electron chi connectivity index (χ2n) is 6.01. The summed E-state index contributed by atoms with van der Waals surface area (Å²) >= 11 is 16.4. The molecule has 0 spiro atoms. The van der Waals surface area contributed by atoms with Crippen LogP contribution in [-0.2, 0) is 19.2 Å². The Hall–Kier alpha value is -2.40. The molecule has 0 bridgehead atoms. The topological polar surface area (TPSA) is 131 Å². The second-order valence-corrected chi connectivity index (χ2v) is 8.53. The van der Waals surface area contributed by atoms with Gasteiger partial charge in [0.2, 0.25) is 3.79 Å². The van der Waals surface area contributed by atoms with E-state index in [1.54, 1.807) is 0 Å². The Bertz CT molecular complexity index is 881. The number of imide groups is 2. The average molecular weight is 466 g/mol. The highest BCUT2D eigenvalue weighted by Crippen LogP contribution is 2.31. The zero-order valence-corrected chi connectivity index (χ0v) is 16.5. The Labute approximate surface area is 177 Å². The van der Waals surface area contributed by atoms with Gasteiger partial charge in [0, 0.05) is 0 Å². The summed E-state index contributed by atoms with van der Waals surface area (Å²) in [4.78, 5) is 66.6. The number of amides is 4. The standard InChI is InChI=1S/C16H11Cl3N2O8/c17-16(18,19)6-28-15(27)21-10(22)5-9(29-21)11(14(25)26)20-12(23)7-3-1-2-4-8(7)13(20)24/h1-4,9,11H,5-6H2,(H,25,26)/t9-,11-/m0/s1. The highest BCUT2D eigenvalue weighted by molar-refractivity contribution is 6.67. The summed E-state index contributed by atoms with van der Waals surface area (Å²) < 4.78 is 2.68. The summed E-state index contributed by atoms with van der Waals surface area (Å²) in [6.45, 7) is -0.699. The van der Waals surface area contributed by atoms with Crippen molar-refractivity contribution in [3.8, 4) is 0 Å².